The minimum atomic E-state index is -0.0417. The third kappa shape index (κ3) is 0.288. The molecule has 0 amide bonds. The Morgan fingerprint density at radius 1 is 1.88 bits per heavy atom. The Labute approximate surface area is 47.8 Å². The van der Waals surface area contributed by atoms with Crippen molar-refractivity contribution in [2.75, 3.05) is 6.61 Å². The van der Waals surface area contributed by atoms with Crippen molar-refractivity contribution in [3.63, 3.8) is 0 Å². The van der Waals surface area contributed by atoms with E-state index in [4.69, 9.17) is 4.74 Å². The topological polar surface area (TPSA) is 26.3 Å². The van der Waals surface area contributed by atoms with E-state index in [-0.39, 0.29) is 11.4 Å². The Morgan fingerprint density at radius 2 is 2.62 bits per heavy atom. The van der Waals surface area contributed by atoms with Crippen LogP contribution < -0.4 is 0 Å². The van der Waals surface area contributed by atoms with E-state index in [0.29, 0.717) is 12.5 Å². The van der Waals surface area contributed by atoms with E-state index in [1.807, 2.05) is 6.92 Å². The molecule has 1 heterocycles. The number of hydrogen-bond acceptors (Lipinski definition) is 2. The normalized spacial score (nSPS) is 50.6. The average molecular weight is 112 g/mol. The highest BCUT2D eigenvalue weighted by atomic mass is 16.5. The van der Waals surface area contributed by atoms with Gasteiger partial charge in [0.1, 0.15) is 0 Å². The van der Waals surface area contributed by atoms with Gasteiger partial charge in [-0.3, -0.25) is 4.79 Å². The van der Waals surface area contributed by atoms with E-state index in [2.05, 4.69) is 0 Å². The van der Waals surface area contributed by atoms with Crippen molar-refractivity contribution in [3.05, 3.63) is 0 Å². The zero-order valence-corrected chi connectivity index (χ0v) is 4.81. The summed E-state index contributed by atoms with van der Waals surface area (Å²) in [4.78, 5) is 10.7. The van der Waals surface area contributed by atoms with Crippen LogP contribution in [0.15, 0.2) is 0 Å². The minimum absolute atomic E-state index is 0.0162. The maximum atomic E-state index is 10.7. The molecule has 2 fully saturated rings. The van der Waals surface area contributed by atoms with Crippen molar-refractivity contribution in [3.8, 4) is 0 Å². The molecular weight excluding hydrogens is 104 g/mol. The highest BCUT2D eigenvalue weighted by Crippen LogP contribution is 2.57. The average Bonchev–Trinajstić information content (AvgIpc) is 2.31. The first-order chi connectivity index (χ1) is 3.73. The number of hydrogen-bond donors (Lipinski definition) is 0. The number of fused-ring (bicyclic) bond motifs is 1. The van der Waals surface area contributed by atoms with Crippen LogP contribution in [0.4, 0.5) is 0 Å². The first-order valence-corrected chi connectivity index (χ1v) is 2.91. The lowest BCUT2D eigenvalue weighted by Crippen LogP contribution is -2.08. The summed E-state index contributed by atoms with van der Waals surface area (Å²) in [6.07, 6.45) is 1.06. The summed E-state index contributed by atoms with van der Waals surface area (Å²) in [5.74, 6) is 0.581. The molecule has 0 N–H and O–H groups in total. The second-order valence-electron chi connectivity index (χ2n) is 2.92. The molecule has 0 bridgehead atoms. The van der Waals surface area contributed by atoms with Crippen LogP contribution in [0.5, 0.6) is 0 Å². The molecule has 0 aromatic carbocycles. The van der Waals surface area contributed by atoms with E-state index in [1.165, 1.54) is 0 Å². The van der Waals surface area contributed by atoms with Crippen LogP contribution in [0.25, 0.3) is 0 Å². The standard InChI is InChI=1S/C6H8O2/c1-6-2-4(6)3-8-5(6)7/h4H,2-3H2,1H3/t4-,6-/m0/s1. The van der Waals surface area contributed by atoms with Crippen molar-refractivity contribution in [1.82, 2.24) is 0 Å². The molecule has 8 heavy (non-hydrogen) atoms. The molecule has 2 atom stereocenters. The van der Waals surface area contributed by atoms with E-state index in [1.54, 1.807) is 0 Å². The highest BCUT2D eigenvalue weighted by molar-refractivity contribution is 5.82. The zero-order valence-electron chi connectivity index (χ0n) is 4.81. The Balaban J connectivity index is 2.31. The second kappa shape index (κ2) is 0.925. The Hall–Kier alpha value is -0.530. The second-order valence-corrected chi connectivity index (χ2v) is 2.92. The van der Waals surface area contributed by atoms with Crippen molar-refractivity contribution in [2.24, 2.45) is 11.3 Å². The molecule has 2 nitrogen and oxygen atoms in total. The number of carbonyl (C=O) groups is 1. The summed E-state index contributed by atoms with van der Waals surface area (Å²) in [5, 5.41) is 0. The summed E-state index contributed by atoms with van der Waals surface area (Å²) < 4.78 is 4.78. The van der Waals surface area contributed by atoms with Crippen molar-refractivity contribution in [2.45, 2.75) is 13.3 Å². The lowest BCUT2D eigenvalue weighted by molar-refractivity contribution is -0.144. The lowest BCUT2D eigenvalue weighted by Gasteiger charge is -1.96. The van der Waals surface area contributed by atoms with Gasteiger partial charge >= 0.3 is 5.97 Å². The molecule has 1 saturated carbocycles. The molecule has 0 unspecified atom stereocenters. The third-order valence-electron chi connectivity index (χ3n) is 2.29. The fourth-order valence-corrected chi connectivity index (χ4v) is 1.29. The number of ether oxygens (including phenoxy) is 1. The molecule has 2 heteroatoms. The molecule has 0 aromatic rings. The Kier molecular flexibility index (Phi) is 0.504. The van der Waals surface area contributed by atoms with Gasteiger partial charge in [0.25, 0.3) is 0 Å². The molecule has 2 aliphatic rings. The van der Waals surface area contributed by atoms with E-state index in [0.717, 1.165) is 6.42 Å². The summed E-state index contributed by atoms with van der Waals surface area (Å²) in [5.41, 5.74) is -0.0417. The molecule has 1 aliphatic carbocycles. The van der Waals surface area contributed by atoms with Gasteiger partial charge in [-0.2, -0.15) is 0 Å². The Bertz CT molecular complexity index is 151. The van der Waals surface area contributed by atoms with Crippen molar-refractivity contribution < 1.29 is 9.53 Å². The molecule has 0 spiro atoms. The smallest absolute Gasteiger partial charge is 0.312 e. The number of esters is 1. The van der Waals surface area contributed by atoms with E-state index >= 15 is 0 Å². The van der Waals surface area contributed by atoms with Crippen LogP contribution in [0.1, 0.15) is 13.3 Å². The van der Waals surface area contributed by atoms with Gasteiger partial charge in [-0.25, -0.2) is 0 Å². The first-order valence-electron chi connectivity index (χ1n) is 2.91. The number of carbonyl (C=O) groups excluding carboxylic acids is 1. The van der Waals surface area contributed by atoms with Gasteiger partial charge in [-0.1, -0.05) is 0 Å². The monoisotopic (exact) mass is 112 g/mol. The third-order valence-corrected chi connectivity index (χ3v) is 2.29. The van der Waals surface area contributed by atoms with Gasteiger partial charge in [0, 0.05) is 5.92 Å². The van der Waals surface area contributed by atoms with E-state index < -0.39 is 0 Å². The SMILES string of the molecule is C[C@]12C[C@H]1COC2=O. The minimum Gasteiger partial charge on any atom is -0.465 e. The van der Waals surface area contributed by atoms with Crippen LogP contribution in [0.2, 0.25) is 0 Å². The van der Waals surface area contributed by atoms with Gasteiger partial charge < -0.3 is 4.74 Å². The van der Waals surface area contributed by atoms with Crippen molar-refractivity contribution >= 4 is 5.97 Å². The fraction of sp³-hybridized carbons (Fsp3) is 0.833. The van der Waals surface area contributed by atoms with Crippen LogP contribution in [0, 0.1) is 11.3 Å². The number of rotatable bonds is 0. The van der Waals surface area contributed by atoms with E-state index in [9.17, 15) is 4.79 Å². The van der Waals surface area contributed by atoms with Gasteiger partial charge in [-0.05, 0) is 13.3 Å². The molecule has 0 radical (unpaired) electrons. The van der Waals surface area contributed by atoms with Gasteiger partial charge in [-0.15, -0.1) is 0 Å². The van der Waals surface area contributed by atoms with Crippen LogP contribution in [-0.4, -0.2) is 12.6 Å². The molecule has 44 valence electrons. The zero-order chi connectivity index (χ0) is 5.78. The lowest BCUT2D eigenvalue weighted by atomic mass is 10.1. The maximum Gasteiger partial charge on any atom is 0.312 e. The van der Waals surface area contributed by atoms with Crippen LogP contribution in [-0.2, 0) is 9.53 Å². The summed E-state index contributed by atoms with van der Waals surface area (Å²) in [7, 11) is 0. The largest absolute Gasteiger partial charge is 0.465 e. The predicted molar refractivity (Wildman–Crippen MR) is 27.2 cm³/mol. The summed E-state index contributed by atoms with van der Waals surface area (Å²) in [6, 6.07) is 0. The van der Waals surface area contributed by atoms with Crippen LogP contribution >= 0.6 is 0 Å². The first kappa shape index (κ1) is 4.36. The van der Waals surface area contributed by atoms with Gasteiger partial charge in [0.05, 0.1) is 12.0 Å². The number of cyclic esters (lactones) is 1. The summed E-state index contributed by atoms with van der Waals surface area (Å²) in [6.45, 7) is 2.66. The molecule has 1 aliphatic heterocycles. The predicted octanol–water partition coefficient (Wildman–Crippen LogP) is 0.569. The quantitative estimate of drug-likeness (QED) is 0.428. The molecule has 0 aromatic heterocycles. The molecule has 2 rings (SSSR count). The Morgan fingerprint density at radius 3 is 2.75 bits per heavy atom. The fourth-order valence-electron chi connectivity index (χ4n) is 1.29. The van der Waals surface area contributed by atoms with Crippen molar-refractivity contribution in [1.29, 1.82) is 0 Å². The van der Waals surface area contributed by atoms with Gasteiger partial charge in [0.15, 0.2) is 0 Å². The molecule has 1 saturated heterocycles. The van der Waals surface area contributed by atoms with Gasteiger partial charge in [0.2, 0.25) is 0 Å². The highest BCUT2D eigenvalue weighted by Gasteiger charge is 2.62. The molecular formula is C6H8O2. The van der Waals surface area contributed by atoms with Crippen LogP contribution in [0.3, 0.4) is 0 Å². The maximum absolute atomic E-state index is 10.7. The summed E-state index contributed by atoms with van der Waals surface area (Å²) >= 11 is 0.